The Bertz CT molecular complexity index is 1270. The molecule has 0 spiro atoms. The maximum absolute atomic E-state index is 12.5. The van der Waals surface area contributed by atoms with Gasteiger partial charge in [-0.05, 0) is 48.9 Å². The van der Waals surface area contributed by atoms with E-state index in [1.807, 2.05) is 78.2 Å². The molecule has 3 aromatic carbocycles. The van der Waals surface area contributed by atoms with Gasteiger partial charge < -0.3 is 0 Å². The van der Waals surface area contributed by atoms with Crippen molar-refractivity contribution in [2.75, 3.05) is 5.75 Å². The Morgan fingerprint density at radius 2 is 1.73 bits per heavy atom. The van der Waals surface area contributed by atoms with Crippen molar-refractivity contribution in [3.63, 3.8) is 0 Å². The van der Waals surface area contributed by atoms with Gasteiger partial charge in [0.1, 0.15) is 0 Å². The second kappa shape index (κ2) is 10.8. The number of benzene rings is 3. The van der Waals surface area contributed by atoms with Gasteiger partial charge in [-0.25, -0.2) is 5.43 Å². The molecule has 0 aliphatic rings. The summed E-state index contributed by atoms with van der Waals surface area (Å²) in [6.45, 7) is 1.83. The van der Waals surface area contributed by atoms with Crippen LogP contribution in [0.25, 0.3) is 17.1 Å². The minimum atomic E-state index is -0.236. The highest BCUT2D eigenvalue weighted by Gasteiger charge is 2.17. The maximum Gasteiger partial charge on any atom is 0.250 e. The van der Waals surface area contributed by atoms with Crippen LogP contribution in [0.2, 0.25) is 5.02 Å². The highest BCUT2D eigenvalue weighted by Crippen LogP contribution is 2.28. The summed E-state index contributed by atoms with van der Waals surface area (Å²) in [7, 11) is 0. The van der Waals surface area contributed by atoms with E-state index in [0.29, 0.717) is 21.7 Å². The summed E-state index contributed by atoms with van der Waals surface area (Å²) in [6.07, 6.45) is 0. The first-order valence-electron chi connectivity index (χ1n) is 10.00. The number of nitrogens with zero attached hydrogens (tertiary/aromatic N) is 4. The average molecular weight is 541 g/mol. The number of amides is 1. The van der Waals surface area contributed by atoms with Gasteiger partial charge in [-0.15, -0.1) is 10.2 Å². The van der Waals surface area contributed by atoms with E-state index in [4.69, 9.17) is 11.6 Å². The lowest BCUT2D eigenvalue weighted by molar-refractivity contribution is -0.118. The number of hydrogen-bond donors (Lipinski definition) is 1. The summed E-state index contributed by atoms with van der Waals surface area (Å²) >= 11 is 10.7. The lowest BCUT2D eigenvalue weighted by atomic mass is 10.1. The molecule has 0 aliphatic heterocycles. The summed E-state index contributed by atoms with van der Waals surface area (Å²) in [4.78, 5) is 12.5. The standard InChI is InChI=1S/C24H19BrClN5OS/c1-16(17-7-11-20(26)12-8-17)27-28-22(32)15-33-24-30-29-23(18-5-3-2-4-6-18)31(24)21-13-9-19(25)10-14-21/h2-14H,15H2,1H3,(H,28,32). The van der Waals surface area contributed by atoms with Crippen molar-refractivity contribution in [3.05, 3.63) is 93.9 Å². The Morgan fingerprint density at radius 1 is 1.03 bits per heavy atom. The molecule has 1 heterocycles. The quantitative estimate of drug-likeness (QED) is 0.178. The average Bonchev–Trinajstić information content (AvgIpc) is 3.26. The first-order chi connectivity index (χ1) is 16.0. The van der Waals surface area contributed by atoms with Gasteiger partial charge in [-0.1, -0.05) is 81.8 Å². The van der Waals surface area contributed by atoms with Crippen molar-refractivity contribution >= 4 is 50.9 Å². The predicted octanol–water partition coefficient (Wildman–Crippen LogP) is 5.98. The molecule has 4 aromatic rings. The molecule has 1 aromatic heterocycles. The number of thioether (sulfide) groups is 1. The monoisotopic (exact) mass is 539 g/mol. The van der Waals surface area contributed by atoms with E-state index in [2.05, 4.69) is 36.7 Å². The third-order valence-corrected chi connectivity index (χ3v) is 6.40. The van der Waals surface area contributed by atoms with Crippen LogP contribution in [-0.2, 0) is 4.79 Å². The number of nitrogens with one attached hydrogen (secondary N) is 1. The second-order valence-electron chi connectivity index (χ2n) is 7.01. The first-order valence-corrected chi connectivity index (χ1v) is 12.2. The molecule has 1 N–H and O–H groups in total. The Morgan fingerprint density at radius 3 is 2.42 bits per heavy atom. The van der Waals surface area contributed by atoms with Crippen molar-refractivity contribution in [1.29, 1.82) is 0 Å². The van der Waals surface area contributed by atoms with Gasteiger partial charge in [0.05, 0.1) is 11.5 Å². The fourth-order valence-corrected chi connectivity index (χ4v) is 4.16. The molecule has 33 heavy (non-hydrogen) atoms. The Labute approximate surface area is 209 Å². The number of carbonyl (C=O) groups is 1. The zero-order chi connectivity index (χ0) is 23.2. The van der Waals surface area contributed by atoms with Crippen molar-refractivity contribution in [3.8, 4) is 17.1 Å². The Hall–Kier alpha value is -2.94. The first kappa shape index (κ1) is 23.2. The van der Waals surface area contributed by atoms with Gasteiger partial charge in [-0.3, -0.25) is 9.36 Å². The van der Waals surface area contributed by atoms with E-state index in [1.165, 1.54) is 11.8 Å². The molecule has 0 saturated carbocycles. The number of aromatic nitrogens is 3. The highest BCUT2D eigenvalue weighted by molar-refractivity contribution is 9.10. The molecule has 0 saturated heterocycles. The maximum atomic E-state index is 12.5. The molecule has 6 nitrogen and oxygen atoms in total. The number of rotatable bonds is 7. The smallest absolute Gasteiger partial charge is 0.250 e. The van der Waals surface area contributed by atoms with Crippen LogP contribution in [0.15, 0.2) is 93.6 Å². The van der Waals surface area contributed by atoms with Crippen LogP contribution in [-0.4, -0.2) is 32.1 Å². The summed E-state index contributed by atoms with van der Waals surface area (Å²) < 4.78 is 2.92. The van der Waals surface area contributed by atoms with Gasteiger partial charge in [0.15, 0.2) is 11.0 Å². The molecule has 166 valence electrons. The van der Waals surface area contributed by atoms with E-state index in [-0.39, 0.29) is 11.7 Å². The van der Waals surface area contributed by atoms with Crippen molar-refractivity contribution < 1.29 is 4.79 Å². The molecule has 9 heteroatoms. The summed E-state index contributed by atoms with van der Waals surface area (Å²) in [5.41, 5.74) is 6.02. The molecule has 0 aliphatic carbocycles. The Balaban J connectivity index is 1.51. The van der Waals surface area contributed by atoms with Gasteiger partial charge in [0.2, 0.25) is 0 Å². The van der Waals surface area contributed by atoms with Crippen LogP contribution < -0.4 is 5.43 Å². The van der Waals surface area contributed by atoms with Crippen LogP contribution in [0, 0.1) is 0 Å². The van der Waals surface area contributed by atoms with Crippen LogP contribution in [0.5, 0.6) is 0 Å². The van der Waals surface area contributed by atoms with E-state index in [9.17, 15) is 4.79 Å². The number of carbonyl (C=O) groups excluding carboxylic acids is 1. The topological polar surface area (TPSA) is 72.2 Å². The van der Waals surface area contributed by atoms with Crippen molar-refractivity contribution in [2.45, 2.75) is 12.1 Å². The molecule has 0 fully saturated rings. The highest BCUT2D eigenvalue weighted by atomic mass is 79.9. The minimum absolute atomic E-state index is 0.140. The van der Waals surface area contributed by atoms with Crippen molar-refractivity contribution in [1.82, 2.24) is 20.2 Å². The molecular weight excluding hydrogens is 522 g/mol. The third-order valence-electron chi connectivity index (χ3n) is 4.69. The van der Waals surface area contributed by atoms with Gasteiger partial charge in [0, 0.05) is 20.7 Å². The molecule has 0 atom stereocenters. The summed E-state index contributed by atoms with van der Waals surface area (Å²) in [6, 6.07) is 25.0. The number of halogens is 2. The normalized spacial score (nSPS) is 11.4. The molecule has 0 unspecified atom stereocenters. The van der Waals surface area contributed by atoms with E-state index < -0.39 is 0 Å². The molecule has 4 rings (SSSR count). The minimum Gasteiger partial charge on any atom is -0.272 e. The third kappa shape index (κ3) is 5.90. The van der Waals surface area contributed by atoms with Gasteiger partial charge >= 0.3 is 0 Å². The zero-order valence-corrected chi connectivity index (χ0v) is 20.7. The van der Waals surface area contributed by atoms with Crippen LogP contribution in [0.1, 0.15) is 12.5 Å². The van der Waals surface area contributed by atoms with Gasteiger partial charge in [-0.2, -0.15) is 5.10 Å². The predicted molar refractivity (Wildman–Crippen MR) is 137 cm³/mol. The molecule has 0 bridgehead atoms. The van der Waals surface area contributed by atoms with Crippen LogP contribution in [0.3, 0.4) is 0 Å². The fourth-order valence-electron chi connectivity index (χ4n) is 3.02. The molecule has 1 amide bonds. The van der Waals surface area contributed by atoms with E-state index in [0.717, 1.165) is 21.3 Å². The fraction of sp³-hybridized carbons (Fsp3) is 0.0833. The summed E-state index contributed by atoms with van der Waals surface area (Å²) in [5, 5.41) is 14.2. The SMILES string of the molecule is CC(=NNC(=O)CSc1nnc(-c2ccccc2)n1-c1ccc(Br)cc1)c1ccc(Cl)cc1. The van der Waals surface area contributed by atoms with Gasteiger partial charge in [0.25, 0.3) is 5.91 Å². The molecular formula is C24H19BrClN5OS. The lowest BCUT2D eigenvalue weighted by Gasteiger charge is -2.10. The largest absolute Gasteiger partial charge is 0.272 e. The molecule has 0 radical (unpaired) electrons. The lowest BCUT2D eigenvalue weighted by Crippen LogP contribution is -2.21. The number of hydrazone groups is 1. The Kier molecular flexibility index (Phi) is 7.59. The number of hydrogen-bond acceptors (Lipinski definition) is 5. The summed E-state index contributed by atoms with van der Waals surface area (Å²) in [5.74, 6) is 0.610. The second-order valence-corrected chi connectivity index (χ2v) is 9.31. The van der Waals surface area contributed by atoms with Crippen LogP contribution >= 0.6 is 39.3 Å². The van der Waals surface area contributed by atoms with E-state index in [1.54, 1.807) is 12.1 Å². The van der Waals surface area contributed by atoms with Crippen molar-refractivity contribution in [2.24, 2.45) is 5.10 Å². The van der Waals surface area contributed by atoms with Crippen LogP contribution in [0.4, 0.5) is 0 Å². The van der Waals surface area contributed by atoms with E-state index >= 15 is 0 Å². The zero-order valence-electron chi connectivity index (χ0n) is 17.6.